The number of carbonyl (C=O) groups is 1. The van der Waals surface area contributed by atoms with Gasteiger partial charge in [-0.2, -0.15) is 0 Å². The molecule has 0 spiro atoms. The van der Waals surface area contributed by atoms with Gasteiger partial charge in [0.25, 0.3) is 5.91 Å². The Morgan fingerprint density at radius 1 is 1.37 bits per heavy atom. The minimum absolute atomic E-state index is 0.0147. The summed E-state index contributed by atoms with van der Waals surface area (Å²) < 4.78 is 0.869. The monoisotopic (exact) mass is 297 g/mol. The Bertz CT molecular complexity index is 597. The van der Waals surface area contributed by atoms with Crippen molar-refractivity contribution in [2.45, 2.75) is 0 Å². The molecule has 1 amide bonds. The molecule has 0 radical (unpaired) electrons. The van der Waals surface area contributed by atoms with E-state index in [1.807, 2.05) is 26.0 Å². The molecule has 2 aromatic rings. The third-order valence-corrected chi connectivity index (χ3v) is 4.38. The fourth-order valence-electron chi connectivity index (χ4n) is 1.65. The highest BCUT2D eigenvalue weighted by Gasteiger charge is 2.16. The van der Waals surface area contributed by atoms with Crippen LogP contribution in [-0.4, -0.2) is 54.9 Å². The zero-order valence-electron chi connectivity index (χ0n) is 11.2. The highest BCUT2D eigenvalue weighted by atomic mass is 35.5. The lowest BCUT2D eigenvalue weighted by molar-refractivity contribution is 0.0791. The van der Waals surface area contributed by atoms with Gasteiger partial charge < -0.3 is 9.80 Å². The molecule has 4 nitrogen and oxygen atoms in total. The van der Waals surface area contributed by atoms with Gasteiger partial charge in [0.2, 0.25) is 0 Å². The Kier molecular flexibility index (Phi) is 4.39. The van der Waals surface area contributed by atoms with Gasteiger partial charge >= 0.3 is 0 Å². The van der Waals surface area contributed by atoms with Gasteiger partial charge in [0.1, 0.15) is 0 Å². The predicted octanol–water partition coefficient (Wildman–Crippen LogP) is 2.58. The van der Waals surface area contributed by atoms with Gasteiger partial charge in [-0.3, -0.25) is 9.78 Å². The fourth-order valence-corrected chi connectivity index (χ4v) is 2.94. The average Bonchev–Trinajstić information content (AvgIpc) is 2.80. The van der Waals surface area contributed by atoms with E-state index in [4.69, 9.17) is 11.6 Å². The van der Waals surface area contributed by atoms with Gasteiger partial charge in [-0.05, 0) is 26.2 Å². The van der Waals surface area contributed by atoms with Crippen molar-refractivity contribution in [3.63, 3.8) is 0 Å². The van der Waals surface area contributed by atoms with Crippen molar-refractivity contribution in [2.75, 3.05) is 34.2 Å². The van der Waals surface area contributed by atoms with Crippen LogP contribution in [0.15, 0.2) is 18.3 Å². The van der Waals surface area contributed by atoms with Crippen LogP contribution in [-0.2, 0) is 0 Å². The molecule has 0 bridgehead atoms. The maximum Gasteiger partial charge on any atom is 0.263 e. The summed E-state index contributed by atoms with van der Waals surface area (Å²) in [5, 5.41) is 0.644. The van der Waals surface area contributed by atoms with Gasteiger partial charge in [0.05, 0.1) is 20.1 Å². The van der Waals surface area contributed by atoms with E-state index in [-0.39, 0.29) is 5.91 Å². The van der Waals surface area contributed by atoms with Gasteiger partial charge in [-0.1, -0.05) is 11.6 Å². The van der Waals surface area contributed by atoms with E-state index >= 15 is 0 Å². The third-order valence-electron chi connectivity index (χ3n) is 2.80. The zero-order valence-corrected chi connectivity index (χ0v) is 12.8. The number of likely N-dealkylation sites (N-methyl/N-ethyl adjacent to an activating group) is 2. The molecule has 0 saturated heterocycles. The number of pyridine rings is 1. The number of thiophene rings is 1. The number of amides is 1. The van der Waals surface area contributed by atoms with E-state index in [2.05, 4.69) is 4.98 Å². The first-order valence-electron chi connectivity index (χ1n) is 5.93. The van der Waals surface area contributed by atoms with E-state index in [9.17, 15) is 4.79 Å². The van der Waals surface area contributed by atoms with Gasteiger partial charge in [-0.25, -0.2) is 0 Å². The minimum atomic E-state index is 0.0147. The zero-order chi connectivity index (χ0) is 14.0. The molecule has 0 fully saturated rings. The van der Waals surface area contributed by atoms with Crippen molar-refractivity contribution in [1.82, 2.24) is 14.8 Å². The fraction of sp³-hybridized carbons (Fsp3) is 0.385. The van der Waals surface area contributed by atoms with Crippen molar-refractivity contribution < 1.29 is 4.79 Å². The van der Waals surface area contributed by atoms with Crippen LogP contribution in [0.4, 0.5) is 0 Å². The first-order chi connectivity index (χ1) is 8.99. The highest BCUT2D eigenvalue weighted by molar-refractivity contribution is 7.21. The lowest BCUT2D eigenvalue weighted by atomic mass is 10.3. The Hall–Kier alpha value is -1.17. The van der Waals surface area contributed by atoms with Crippen molar-refractivity contribution in [3.05, 3.63) is 28.2 Å². The average molecular weight is 298 g/mol. The van der Waals surface area contributed by atoms with Crippen LogP contribution in [0.3, 0.4) is 0 Å². The third kappa shape index (κ3) is 3.23. The normalized spacial score (nSPS) is 11.2. The summed E-state index contributed by atoms with van der Waals surface area (Å²) in [5.74, 6) is 0.0147. The van der Waals surface area contributed by atoms with E-state index in [0.29, 0.717) is 16.4 Å². The molecule has 2 rings (SSSR count). The molecule has 0 aliphatic carbocycles. The summed E-state index contributed by atoms with van der Waals surface area (Å²) in [5.41, 5.74) is 0.779. The number of rotatable bonds is 4. The van der Waals surface area contributed by atoms with E-state index in [1.54, 1.807) is 23.2 Å². The maximum absolute atomic E-state index is 12.3. The topological polar surface area (TPSA) is 36.4 Å². The van der Waals surface area contributed by atoms with Crippen LogP contribution >= 0.6 is 22.9 Å². The molecule has 0 N–H and O–H groups in total. The van der Waals surface area contributed by atoms with Crippen LogP contribution in [0.5, 0.6) is 0 Å². The SMILES string of the molecule is CN(C)CCN(C)C(=O)c1cc2nccc(Cl)c2s1. The van der Waals surface area contributed by atoms with Crippen LogP contribution in [0, 0.1) is 0 Å². The Balaban J connectivity index is 2.19. The van der Waals surface area contributed by atoms with Crippen molar-refractivity contribution in [2.24, 2.45) is 0 Å². The number of carbonyl (C=O) groups excluding carboxylic acids is 1. The molecule has 0 unspecified atom stereocenters. The molecule has 6 heteroatoms. The quantitative estimate of drug-likeness (QED) is 0.870. The summed E-state index contributed by atoms with van der Waals surface area (Å²) in [4.78, 5) is 21.0. The van der Waals surface area contributed by atoms with Crippen molar-refractivity contribution in [3.8, 4) is 0 Å². The van der Waals surface area contributed by atoms with Gasteiger partial charge in [0.15, 0.2) is 0 Å². The lowest BCUT2D eigenvalue weighted by Gasteiger charge is -2.18. The van der Waals surface area contributed by atoms with Crippen molar-refractivity contribution in [1.29, 1.82) is 0 Å². The Morgan fingerprint density at radius 3 is 2.74 bits per heavy atom. The minimum Gasteiger partial charge on any atom is -0.340 e. The molecule has 102 valence electrons. The molecule has 19 heavy (non-hydrogen) atoms. The van der Waals surface area contributed by atoms with Crippen LogP contribution in [0.25, 0.3) is 10.2 Å². The van der Waals surface area contributed by atoms with E-state index in [0.717, 1.165) is 16.8 Å². The summed E-state index contributed by atoms with van der Waals surface area (Å²) >= 11 is 7.49. The summed E-state index contributed by atoms with van der Waals surface area (Å²) in [6.45, 7) is 1.54. The number of nitrogens with zero attached hydrogens (tertiary/aromatic N) is 3. The summed E-state index contributed by atoms with van der Waals surface area (Å²) in [7, 11) is 5.79. The Labute approximate surface area is 121 Å². The first-order valence-corrected chi connectivity index (χ1v) is 7.12. The number of halogens is 1. The van der Waals surface area contributed by atoms with E-state index in [1.165, 1.54) is 11.3 Å². The number of aromatic nitrogens is 1. The predicted molar refractivity (Wildman–Crippen MR) is 80.1 cm³/mol. The molecule has 0 aliphatic rings. The second-order valence-electron chi connectivity index (χ2n) is 4.65. The molecule has 2 aromatic heterocycles. The molecule has 0 aliphatic heterocycles. The molecular weight excluding hydrogens is 282 g/mol. The van der Waals surface area contributed by atoms with Gasteiger partial charge in [0, 0.05) is 26.3 Å². The number of fused-ring (bicyclic) bond motifs is 1. The number of hydrogen-bond acceptors (Lipinski definition) is 4. The molecule has 2 heterocycles. The summed E-state index contributed by atoms with van der Waals surface area (Å²) in [6.07, 6.45) is 1.65. The lowest BCUT2D eigenvalue weighted by Crippen LogP contribution is -2.33. The van der Waals surface area contributed by atoms with Crippen molar-refractivity contribution >= 4 is 39.1 Å². The molecule has 0 aromatic carbocycles. The summed E-state index contributed by atoms with van der Waals surface area (Å²) in [6, 6.07) is 3.55. The largest absolute Gasteiger partial charge is 0.340 e. The smallest absolute Gasteiger partial charge is 0.263 e. The number of hydrogen-bond donors (Lipinski definition) is 0. The maximum atomic E-state index is 12.3. The molecule has 0 atom stereocenters. The molecular formula is C13H16ClN3OS. The van der Waals surface area contributed by atoms with Crippen LogP contribution in [0.2, 0.25) is 5.02 Å². The second kappa shape index (κ2) is 5.86. The standard InChI is InChI=1S/C13H16ClN3OS/c1-16(2)6-7-17(3)13(18)11-8-10-12(19-11)9(14)4-5-15-10/h4-5,8H,6-7H2,1-3H3. The highest BCUT2D eigenvalue weighted by Crippen LogP contribution is 2.30. The van der Waals surface area contributed by atoms with Gasteiger partial charge in [-0.15, -0.1) is 11.3 Å². The van der Waals surface area contributed by atoms with E-state index < -0.39 is 0 Å². The second-order valence-corrected chi connectivity index (χ2v) is 6.11. The molecule has 0 saturated carbocycles. The van der Waals surface area contributed by atoms with Crippen LogP contribution in [0.1, 0.15) is 9.67 Å². The Morgan fingerprint density at radius 2 is 2.11 bits per heavy atom. The van der Waals surface area contributed by atoms with Crippen LogP contribution < -0.4 is 0 Å². The first kappa shape index (κ1) is 14.2.